The van der Waals surface area contributed by atoms with Crippen LogP contribution in [0.25, 0.3) is 0 Å². The van der Waals surface area contributed by atoms with Gasteiger partial charge < -0.3 is 9.84 Å². The second-order valence-electron chi connectivity index (χ2n) is 6.81. The van der Waals surface area contributed by atoms with E-state index in [1.54, 1.807) is 52.8 Å². The molecule has 0 aliphatic rings. The van der Waals surface area contributed by atoms with Crippen LogP contribution in [0.5, 0.6) is 0 Å². The minimum Gasteiger partial charge on any atom is -0.481 e. The Hall–Kier alpha value is -1.75. The Morgan fingerprint density at radius 3 is 2.27 bits per heavy atom. The third-order valence-corrected chi connectivity index (χ3v) is 3.21. The van der Waals surface area contributed by atoms with E-state index in [0.29, 0.717) is 17.1 Å². The summed E-state index contributed by atoms with van der Waals surface area (Å²) in [5.74, 6) is -0.875. The number of hydrogen-bond acceptors (Lipinski definition) is 3. The highest BCUT2D eigenvalue weighted by Gasteiger charge is 2.27. The van der Waals surface area contributed by atoms with Crippen LogP contribution in [0.4, 0.5) is 10.5 Å². The number of ether oxygens (including phenoxy) is 1. The molecule has 0 spiro atoms. The van der Waals surface area contributed by atoms with E-state index in [2.05, 4.69) is 5.32 Å². The molecule has 0 unspecified atom stereocenters. The molecule has 1 amide bonds. The number of carboxylic acid groups (broad SMARTS) is 1. The smallest absolute Gasteiger partial charge is 0.412 e. The number of rotatable bonds is 4. The average Bonchev–Trinajstić information content (AvgIpc) is 2.29. The maximum Gasteiger partial charge on any atom is 0.412 e. The summed E-state index contributed by atoms with van der Waals surface area (Å²) in [6.07, 6.45) is -0.248. The van der Waals surface area contributed by atoms with Crippen molar-refractivity contribution in [2.75, 3.05) is 5.32 Å². The number of amides is 1. The normalized spacial score (nSPS) is 11.9. The molecule has 0 atom stereocenters. The van der Waals surface area contributed by atoms with Gasteiger partial charge in [0, 0.05) is 0 Å². The highest BCUT2D eigenvalue weighted by atomic mass is 35.5. The summed E-state index contributed by atoms with van der Waals surface area (Å²) in [6, 6.07) is 5.03. The number of benzene rings is 1. The number of nitrogens with one attached hydrogen (secondary N) is 1. The lowest BCUT2D eigenvalue weighted by Gasteiger charge is -2.21. The lowest BCUT2D eigenvalue weighted by atomic mass is 9.86. The Morgan fingerprint density at radius 1 is 1.23 bits per heavy atom. The molecule has 0 bridgehead atoms. The van der Waals surface area contributed by atoms with Crippen LogP contribution in [0, 0.1) is 5.41 Å². The summed E-state index contributed by atoms with van der Waals surface area (Å²) in [6.45, 7) is 8.61. The Labute approximate surface area is 135 Å². The monoisotopic (exact) mass is 327 g/mol. The van der Waals surface area contributed by atoms with Gasteiger partial charge in [0.05, 0.1) is 16.1 Å². The number of carbonyl (C=O) groups is 2. The highest BCUT2D eigenvalue weighted by Crippen LogP contribution is 2.28. The van der Waals surface area contributed by atoms with Crippen LogP contribution in [0.15, 0.2) is 18.2 Å². The zero-order chi connectivity index (χ0) is 17.1. The van der Waals surface area contributed by atoms with E-state index in [1.165, 1.54) is 0 Å². The highest BCUT2D eigenvalue weighted by molar-refractivity contribution is 6.33. The van der Waals surface area contributed by atoms with Crippen LogP contribution in [0.3, 0.4) is 0 Å². The summed E-state index contributed by atoms with van der Waals surface area (Å²) in [5, 5.41) is 12.1. The van der Waals surface area contributed by atoms with Crippen LogP contribution in [-0.2, 0) is 16.0 Å². The molecule has 22 heavy (non-hydrogen) atoms. The van der Waals surface area contributed by atoms with E-state index in [-0.39, 0.29) is 0 Å². The number of hydrogen-bond donors (Lipinski definition) is 2. The molecule has 0 fully saturated rings. The summed E-state index contributed by atoms with van der Waals surface area (Å²) in [7, 11) is 0. The topological polar surface area (TPSA) is 75.6 Å². The molecule has 1 rings (SSSR count). The predicted molar refractivity (Wildman–Crippen MR) is 86.4 cm³/mol. The Bertz CT molecular complexity index is 576. The Balaban J connectivity index is 2.82. The van der Waals surface area contributed by atoms with Gasteiger partial charge in [-0.05, 0) is 58.7 Å². The number of halogens is 1. The second kappa shape index (κ2) is 6.57. The van der Waals surface area contributed by atoms with Crippen molar-refractivity contribution in [2.45, 2.75) is 46.6 Å². The van der Waals surface area contributed by atoms with Gasteiger partial charge in [0.1, 0.15) is 5.60 Å². The van der Waals surface area contributed by atoms with E-state index < -0.39 is 23.1 Å². The van der Waals surface area contributed by atoms with Gasteiger partial charge in [-0.1, -0.05) is 17.7 Å². The van der Waals surface area contributed by atoms with E-state index in [0.717, 1.165) is 5.56 Å². The molecule has 0 saturated heterocycles. The van der Waals surface area contributed by atoms with Crippen molar-refractivity contribution < 1.29 is 19.4 Å². The molecule has 1 aromatic rings. The first kappa shape index (κ1) is 18.3. The summed E-state index contributed by atoms with van der Waals surface area (Å²) in [4.78, 5) is 22.9. The van der Waals surface area contributed by atoms with Crippen LogP contribution in [0.1, 0.15) is 40.2 Å². The largest absolute Gasteiger partial charge is 0.481 e. The second-order valence-corrected chi connectivity index (χ2v) is 7.21. The molecule has 0 radical (unpaired) electrons. The minimum absolute atomic E-state index is 0.338. The summed E-state index contributed by atoms with van der Waals surface area (Å²) in [5.41, 5.74) is -0.272. The molecule has 2 N–H and O–H groups in total. The maximum atomic E-state index is 11.7. The van der Waals surface area contributed by atoms with E-state index in [4.69, 9.17) is 21.4 Å². The van der Waals surface area contributed by atoms with E-state index in [9.17, 15) is 9.59 Å². The molecule has 0 heterocycles. The zero-order valence-corrected chi connectivity index (χ0v) is 14.2. The third-order valence-electron chi connectivity index (χ3n) is 2.89. The lowest BCUT2D eigenvalue weighted by molar-refractivity contribution is -0.146. The Kier molecular flexibility index (Phi) is 5.46. The molecule has 0 aliphatic heterocycles. The van der Waals surface area contributed by atoms with Gasteiger partial charge >= 0.3 is 12.1 Å². The molecular formula is C16H22ClNO4. The molecule has 6 heteroatoms. The van der Waals surface area contributed by atoms with Crippen LogP contribution < -0.4 is 5.32 Å². The summed E-state index contributed by atoms with van der Waals surface area (Å²) < 4.78 is 5.15. The fraction of sp³-hybridized carbons (Fsp3) is 0.500. The molecule has 0 saturated carbocycles. The number of aliphatic carboxylic acids is 1. The first-order valence-electron chi connectivity index (χ1n) is 6.92. The fourth-order valence-electron chi connectivity index (χ4n) is 1.77. The van der Waals surface area contributed by atoms with Crippen molar-refractivity contribution in [1.29, 1.82) is 0 Å². The maximum absolute atomic E-state index is 11.7. The van der Waals surface area contributed by atoms with Gasteiger partial charge in [0.25, 0.3) is 0 Å². The van der Waals surface area contributed by atoms with Gasteiger partial charge in [-0.25, -0.2) is 4.79 Å². The number of carboxylic acids is 1. The minimum atomic E-state index is -0.885. The van der Waals surface area contributed by atoms with Crippen molar-refractivity contribution in [1.82, 2.24) is 0 Å². The van der Waals surface area contributed by atoms with Crippen molar-refractivity contribution >= 4 is 29.4 Å². The third kappa shape index (κ3) is 5.56. The molecule has 0 aromatic heterocycles. The first-order valence-corrected chi connectivity index (χ1v) is 7.30. The molecular weight excluding hydrogens is 306 g/mol. The van der Waals surface area contributed by atoms with E-state index >= 15 is 0 Å². The van der Waals surface area contributed by atoms with Crippen molar-refractivity contribution in [3.05, 3.63) is 28.8 Å². The van der Waals surface area contributed by atoms with E-state index in [1.807, 2.05) is 0 Å². The molecule has 1 aromatic carbocycles. The molecule has 0 aliphatic carbocycles. The average molecular weight is 328 g/mol. The number of anilines is 1. The Morgan fingerprint density at radius 2 is 1.82 bits per heavy atom. The SMILES string of the molecule is CC(C)(C)OC(=O)Nc1ccc(CC(C)(C)C(=O)O)cc1Cl. The van der Waals surface area contributed by atoms with Crippen LogP contribution >= 0.6 is 11.6 Å². The zero-order valence-electron chi connectivity index (χ0n) is 13.5. The molecule has 122 valence electrons. The van der Waals surface area contributed by atoms with Crippen LogP contribution in [0.2, 0.25) is 5.02 Å². The first-order chi connectivity index (χ1) is 9.90. The van der Waals surface area contributed by atoms with Crippen molar-refractivity contribution in [3.8, 4) is 0 Å². The quantitative estimate of drug-likeness (QED) is 0.862. The van der Waals surface area contributed by atoms with Gasteiger partial charge in [-0.3, -0.25) is 10.1 Å². The number of carbonyl (C=O) groups excluding carboxylic acids is 1. The van der Waals surface area contributed by atoms with Gasteiger partial charge in [-0.2, -0.15) is 0 Å². The fourth-order valence-corrected chi connectivity index (χ4v) is 2.02. The van der Waals surface area contributed by atoms with Gasteiger partial charge in [0.2, 0.25) is 0 Å². The van der Waals surface area contributed by atoms with Crippen molar-refractivity contribution in [3.63, 3.8) is 0 Å². The molecule has 5 nitrogen and oxygen atoms in total. The van der Waals surface area contributed by atoms with Crippen molar-refractivity contribution in [2.24, 2.45) is 5.41 Å². The standard InChI is InChI=1S/C16H22ClNO4/c1-15(2,3)22-14(21)18-12-7-6-10(8-11(12)17)9-16(4,5)13(19)20/h6-8H,9H2,1-5H3,(H,18,21)(H,19,20). The van der Waals surface area contributed by atoms with Gasteiger partial charge in [0.15, 0.2) is 0 Å². The summed E-state index contributed by atoms with van der Waals surface area (Å²) >= 11 is 6.14. The predicted octanol–water partition coefficient (Wildman–Crippen LogP) is 4.34. The van der Waals surface area contributed by atoms with Crippen LogP contribution in [-0.4, -0.2) is 22.8 Å². The lowest BCUT2D eigenvalue weighted by Crippen LogP contribution is -2.27. The van der Waals surface area contributed by atoms with Gasteiger partial charge in [-0.15, -0.1) is 0 Å².